The van der Waals surface area contributed by atoms with Gasteiger partial charge >= 0.3 is 0 Å². The molecule has 0 amide bonds. The minimum Gasteiger partial charge on any atom is -0.497 e. The molecule has 0 unspecified atom stereocenters. The lowest BCUT2D eigenvalue weighted by Crippen LogP contribution is -2.34. The van der Waals surface area contributed by atoms with E-state index in [-0.39, 0.29) is 11.6 Å². The van der Waals surface area contributed by atoms with Gasteiger partial charge in [-0.25, -0.2) is 0 Å². The predicted molar refractivity (Wildman–Crippen MR) is 104 cm³/mol. The number of piperidine rings is 1. The number of ketones is 2. The van der Waals surface area contributed by atoms with E-state index in [9.17, 15) is 9.59 Å². The summed E-state index contributed by atoms with van der Waals surface area (Å²) in [6, 6.07) is 11.5. The van der Waals surface area contributed by atoms with Gasteiger partial charge in [-0.2, -0.15) is 0 Å². The molecule has 0 aliphatic carbocycles. The predicted octanol–water partition coefficient (Wildman–Crippen LogP) is 3.78. The third kappa shape index (κ3) is 5.23. The van der Waals surface area contributed by atoms with E-state index in [1.807, 2.05) is 12.1 Å². The number of rotatable bonds is 7. The van der Waals surface area contributed by atoms with Crippen LogP contribution in [0.15, 0.2) is 42.6 Å². The van der Waals surface area contributed by atoms with Crippen molar-refractivity contribution in [1.82, 2.24) is 9.88 Å². The highest BCUT2D eigenvalue weighted by Gasteiger charge is 2.22. The molecule has 0 saturated carbocycles. The Balaban J connectivity index is 1.47. The Morgan fingerprint density at radius 3 is 2.37 bits per heavy atom. The maximum atomic E-state index is 12.5. The summed E-state index contributed by atoms with van der Waals surface area (Å²) in [6.45, 7) is 4.43. The molecule has 5 nitrogen and oxygen atoms in total. The van der Waals surface area contributed by atoms with Crippen LogP contribution in [0.3, 0.4) is 0 Å². The van der Waals surface area contributed by atoms with Gasteiger partial charge < -0.3 is 4.74 Å². The van der Waals surface area contributed by atoms with Crippen LogP contribution < -0.4 is 4.74 Å². The zero-order chi connectivity index (χ0) is 19.2. The zero-order valence-corrected chi connectivity index (χ0v) is 16.0. The molecule has 2 aromatic rings. The van der Waals surface area contributed by atoms with Gasteiger partial charge in [-0.05, 0) is 68.6 Å². The van der Waals surface area contributed by atoms with Crippen LogP contribution in [0.4, 0.5) is 0 Å². The van der Waals surface area contributed by atoms with Crippen LogP contribution in [-0.4, -0.2) is 41.6 Å². The van der Waals surface area contributed by atoms with Gasteiger partial charge in [-0.15, -0.1) is 0 Å². The summed E-state index contributed by atoms with van der Waals surface area (Å²) in [5.41, 5.74) is 2.28. The van der Waals surface area contributed by atoms with Gasteiger partial charge in [0.2, 0.25) is 0 Å². The van der Waals surface area contributed by atoms with E-state index >= 15 is 0 Å². The molecule has 0 spiro atoms. The van der Waals surface area contributed by atoms with Crippen LogP contribution in [-0.2, 0) is 6.54 Å². The van der Waals surface area contributed by atoms with Crippen molar-refractivity contribution in [1.29, 1.82) is 0 Å². The first-order valence-corrected chi connectivity index (χ1v) is 9.40. The summed E-state index contributed by atoms with van der Waals surface area (Å²) in [5.74, 6) is 1.31. The summed E-state index contributed by atoms with van der Waals surface area (Å²) in [5, 5.41) is 0. The number of pyridine rings is 1. The molecular formula is C22H26N2O3. The van der Waals surface area contributed by atoms with E-state index in [1.54, 1.807) is 19.2 Å². The minimum absolute atomic E-state index is 0.0364. The Hall–Kier alpha value is -2.53. The maximum absolute atomic E-state index is 12.5. The number of carbonyl (C=O) groups excluding carboxylic acids is 2. The maximum Gasteiger partial charge on any atom is 0.181 e. The Bertz CT molecular complexity index is 776. The first-order valence-electron chi connectivity index (χ1n) is 9.40. The lowest BCUT2D eigenvalue weighted by molar-refractivity contribution is 0.0918. The molecule has 2 heterocycles. The Morgan fingerprint density at radius 1 is 1.11 bits per heavy atom. The molecule has 3 rings (SSSR count). The number of nitrogens with zero attached hydrogens (tertiary/aromatic N) is 2. The van der Waals surface area contributed by atoms with Gasteiger partial charge in [0, 0.05) is 24.7 Å². The number of benzene rings is 1. The summed E-state index contributed by atoms with van der Waals surface area (Å²) in [4.78, 5) is 30.3. The van der Waals surface area contributed by atoms with Crippen LogP contribution in [0.2, 0.25) is 0 Å². The van der Waals surface area contributed by atoms with Gasteiger partial charge in [-0.3, -0.25) is 19.5 Å². The normalized spacial score (nSPS) is 15.5. The number of carbonyl (C=O) groups is 2. The first-order chi connectivity index (χ1) is 13.0. The average Bonchev–Trinajstić information content (AvgIpc) is 2.70. The zero-order valence-electron chi connectivity index (χ0n) is 16.0. The molecular weight excluding hydrogens is 340 g/mol. The van der Waals surface area contributed by atoms with E-state index in [4.69, 9.17) is 4.74 Å². The monoisotopic (exact) mass is 366 g/mol. The molecule has 0 bridgehead atoms. The van der Waals surface area contributed by atoms with Gasteiger partial charge in [0.15, 0.2) is 11.6 Å². The van der Waals surface area contributed by atoms with Crippen molar-refractivity contribution in [3.63, 3.8) is 0 Å². The molecule has 1 fully saturated rings. The topological polar surface area (TPSA) is 59.5 Å². The van der Waals surface area contributed by atoms with Crippen molar-refractivity contribution >= 4 is 11.6 Å². The van der Waals surface area contributed by atoms with Crippen LogP contribution in [0.1, 0.15) is 52.6 Å². The second-order valence-electron chi connectivity index (χ2n) is 7.18. The lowest BCUT2D eigenvalue weighted by atomic mass is 9.90. The van der Waals surface area contributed by atoms with E-state index in [2.05, 4.69) is 22.0 Å². The molecule has 1 aromatic carbocycles. The number of likely N-dealkylation sites (tertiary alicyclic amines) is 1. The van der Waals surface area contributed by atoms with Crippen molar-refractivity contribution < 1.29 is 14.3 Å². The van der Waals surface area contributed by atoms with Crippen molar-refractivity contribution in [2.24, 2.45) is 5.92 Å². The van der Waals surface area contributed by atoms with Crippen LogP contribution in [0.25, 0.3) is 0 Å². The van der Waals surface area contributed by atoms with Crippen molar-refractivity contribution in [2.75, 3.05) is 20.2 Å². The van der Waals surface area contributed by atoms with Gasteiger partial charge in [-0.1, -0.05) is 12.1 Å². The minimum atomic E-state index is -0.0364. The van der Waals surface area contributed by atoms with E-state index < -0.39 is 0 Å². The molecule has 1 aromatic heterocycles. The number of methoxy groups -OCH3 is 1. The summed E-state index contributed by atoms with van der Waals surface area (Å²) < 4.78 is 5.20. The van der Waals surface area contributed by atoms with Gasteiger partial charge in [0.1, 0.15) is 11.4 Å². The van der Waals surface area contributed by atoms with E-state index in [1.165, 1.54) is 18.7 Å². The fourth-order valence-corrected chi connectivity index (χ4v) is 3.47. The fourth-order valence-electron chi connectivity index (χ4n) is 3.47. The van der Waals surface area contributed by atoms with Crippen LogP contribution >= 0.6 is 0 Å². The molecule has 27 heavy (non-hydrogen) atoms. The SMILES string of the molecule is COc1ccc(CN2CCC(CC(=O)c3ccc(C(C)=O)cn3)CC2)cc1. The van der Waals surface area contributed by atoms with Crippen molar-refractivity contribution in [2.45, 2.75) is 32.7 Å². The summed E-state index contributed by atoms with van der Waals surface area (Å²) >= 11 is 0. The highest BCUT2D eigenvalue weighted by Crippen LogP contribution is 2.24. The van der Waals surface area contributed by atoms with E-state index in [0.717, 1.165) is 38.2 Å². The Morgan fingerprint density at radius 2 is 1.81 bits per heavy atom. The highest BCUT2D eigenvalue weighted by atomic mass is 16.5. The Kier molecular flexibility index (Phi) is 6.35. The summed E-state index contributed by atoms with van der Waals surface area (Å²) in [7, 11) is 1.67. The number of Topliss-reactive ketones (excluding diaryl/α,β-unsaturated/α-hetero) is 2. The number of hydrogen-bond donors (Lipinski definition) is 0. The van der Waals surface area contributed by atoms with Gasteiger partial charge in [0.25, 0.3) is 0 Å². The molecule has 5 heteroatoms. The molecule has 1 aliphatic rings. The Labute approximate surface area is 160 Å². The molecule has 0 N–H and O–H groups in total. The fraction of sp³-hybridized carbons (Fsp3) is 0.409. The molecule has 1 saturated heterocycles. The third-order valence-electron chi connectivity index (χ3n) is 5.20. The molecule has 1 aliphatic heterocycles. The van der Waals surface area contributed by atoms with Crippen LogP contribution in [0, 0.1) is 5.92 Å². The van der Waals surface area contributed by atoms with Gasteiger partial charge in [0.05, 0.1) is 7.11 Å². The number of hydrogen-bond acceptors (Lipinski definition) is 5. The number of ether oxygens (including phenoxy) is 1. The molecule has 0 radical (unpaired) electrons. The number of aromatic nitrogens is 1. The average molecular weight is 366 g/mol. The molecule has 0 atom stereocenters. The van der Waals surface area contributed by atoms with Crippen molar-refractivity contribution in [3.8, 4) is 5.75 Å². The van der Waals surface area contributed by atoms with Crippen molar-refractivity contribution in [3.05, 3.63) is 59.4 Å². The lowest BCUT2D eigenvalue weighted by Gasteiger charge is -2.31. The third-order valence-corrected chi connectivity index (χ3v) is 5.20. The second kappa shape index (κ2) is 8.91. The molecule has 142 valence electrons. The standard InChI is InChI=1S/C22H26N2O3/c1-16(25)19-5-8-21(23-14-19)22(26)13-17-9-11-24(12-10-17)15-18-3-6-20(27-2)7-4-18/h3-8,14,17H,9-13,15H2,1-2H3. The summed E-state index contributed by atoms with van der Waals surface area (Å²) in [6.07, 6.45) is 4.07. The highest BCUT2D eigenvalue weighted by molar-refractivity contribution is 5.97. The van der Waals surface area contributed by atoms with Crippen LogP contribution in [0.5, 0.6) is 5.75 Å². The second-order valence-corrected chi connectivity index (χ2v) is 7.18. The quantitative estimate of drug-likeness (QED) is 0.698. The first kappa shape index (κ1) is 19.2. The smallest absolute Gasteiger partial charge is 0.181 e. The van der Waals surface area contributed by atoms with E-state index in [0.29, 0.717) is 23.6 Å². The largest absolute Gasteiger partial charge is 0.497 e.